The van der Waals surface area contributed by atoms with Crippen LogP contribution >= 0.6 is 0 Å². The van der Waals surface area contributed by atoms with Crippen LogP contribution in [0.1, 0.15) is 49.5 Å². The standard InChI is InChI=1S/C27H34N6O6/c1-2-38-27(37)33-14-12-32(13-15-33)26(36)21(16-22(28)34)30-25(35)20-17-23(39-19-10-6-7-11-19)31-24(29-20)18-8-4-3-5-9-18/h3-5,8-9,17,19,21H,2,6-7,10-16H2,1H3,(H2,28,34)(H,30,35). The van der Waals surface area contributed by atoms with Gasteiger partial charge in [-0.05, 0) is 32.6 Å². The second kappa shape index (κ2) is 13.0. The summed E-state index contributed by atoms with van der Waals surface area (Å²) in [6.07, 6.45) is 3.14. The van der Waals surface area contributed by atoms with Crippen molar-refractivity contribution in [3.05, 3.63) is 42.1 Å². The minimum atomic E-state index is -1.20. The van der Waals surface area contributed by atoms with Crippen LogP contribution in [0.25, 0.3) is 11.4 Å². The molecule has 1 saturated carbocycles. The molecular weight excluding hydrogens is 504 g/mol. The van der Waals surface area contributed by atoms with Gasteiger partial charge >= 0.3 is 6.09 Å². The lowest BCUT2D eigenvalue weighted by molar-refractivity contribution is -0.136. The highest BCUT2D eigenvalue weighted by Gasteiger charge is 2.32. The van der Waals surface area contributed by atoms with Crippen LogP contribution in [-0.2, 0) is 14.3 Å². The topological polar surface area (TPSA) is 157 Å². The largest absolute Gasteiger partial charge is 0.474 e. The van der Waals surface area contributed by atoms with Crippen LogP contribution in [0.5, 0.6) is 5.88 Å². The van der Waals surface area contributed by atoms with E-state index in [0.29, 0.717) is 11.4 Å². The fraction of sp³-hybridized carbons (Fsp3) is 0.481. The fourth-order valence-electron chi connectivity index (χ4n) is 4.67. The number of hydrogen-bond acceptors (Lipinski definition) is 8. The first-order chi connectivity index (χ1) is 18.8. The number of carbonyl (C=O) groups is 4. The number of hydrogen-bond donors (Lipinski definition) is 2. The number of amides is 4. The van der Waals surface area contributed by atoms with Gasteiger partial charge in [-0.15, -0.1) is 0 Å². The minimum absolute atomic E-state index is 0.00579. The number of piperazine rings is 1. The van der Waals surface area contributed by atoms with E-state index in [1.54, 1.807) is 6.92 Å². The molecule has 208 valence electrons. The average Bonchev–Trinajstić information content (AvgIpc) is 3.45. The van der Waals surface area contributed by atoms with Gasteiger partial charge in [-0.1, -0.05) is 30.3 Å². The van der Waals surface area contributed by atoms with Crippen LogP contribution < -0.4 is 15.8 Å². The third-order valence-electron chi connectivity index (χ3n) is 6.68. The maximum Gasteiger partial charge on any atom is 0.409 e. The van der Waals surface area contributed by atoms with Gasteiger partial charge in [-0.25, -0.2) is 9.78 Å². The van der Waals surface area contributed by atoms with Crippen molar-refractivity contribution in [3.63, 3.8) is 0 Å². The second-order valence-electron chi connectivity index (χ2n) is 9.51. The molecule has 2 fully saturated rings. The molecule has 3 N–H and O–H groups in total. The summed E-state index contributed by atoms with van der Waals surface area (Å²) in [5, 5.41) is 2.63. The smallest absolute Gasteiger partial charge is 0.409 e. The number of benzene rings is 1. The first kappa shape index (κ1) is 27.8. The molecule has 1 aliphatic carbocycles. The molecule has 1 aromatic heterocycles. The van der Waals surface area contributed by atoms with E-state index < -0.39 is 29.9 Å². The Bertz CT molecular complexity index is 1180. The molecule has 0 bridgehead atoms. The van der Waals surface area contributed by atoms with Gasteiger partial charge in [0.15, 0.2) is 5.82 Å². The summed E-state index contributed by atoms with van der Waals surface area (Å²) < 4.78 is 11.1. The molecule has 12 heteroatoms. The van der Waals surface area contributed by atoms with E-state index in [1.165, 1.54) is 15.9 Å². The van der Waals surface area contributed by atoms with Crippen LogP contribution in [0.15, 0.2) is 36.4 Å². The molecule has 1 aromatic carbocycles. The van der Waals surface area contributed by atoms with E-state index in [1.807, 2.05) is 30.3 Å². The zero-order valence-corrected chi connectivity index (χ0v) is 22.0. The fourth-order valence-corrected chi connectivity index (χ4v) is 4.67. The second-order valence-corrected chi connectivity index (χ2v) is 9.51. The zero-order valence-electron chi connectivity index (χ0n) is 22.0. The Morgan fingerprint density at radius 1 is 1.03 bits per heavy atom. The lowest BCUT2D eigenvalue weighted by Crippen LogP contribution is -2.56. The Balaban J connectivity index is 1.51. The highest BCUT2D eigenvalue weighted by atomic mass is 16.6. The van der Waals surface area contributed by atoms with Gasteiger partial charge in [-0.3, -0.25) is 14.4 Å². The number of primary amides is 1. The predicted molar refractivity (Wildman–Crippen MR) is 141 cm³/mol. The van der Waals surface area contributed by atoms with Crippen molar-refractivity contribution in [2.75, 3.05) is 32.8 Å². The molecule has 1 aliphatic heterocycles. The molecule has 12 nitrogen and oxygen atoms in total. The lowest BCUT2D eigenvalue weighted by Gasteiger charge is -2.35. The quantitative estimate of drug-likeness (QED) is 0.489. The Morgan fingerprint density at radius 2 is 1.69 bits per heavy atom. The Labute approximate surface area is 226 Å². The molecule has 4 amide bonds. The summed E-state index contributed by atoms with van der Waals surface area (Å²) in [5.41, 5.74) is 6.12. The van der Waals surface area contributed by atoms with Gasteiger partial charge in [0.1, 0.15) is 17.8 Å². The summed E-state index contributed by atoms with van der Waals surface area (Å²) in [5.74, 6) is -1.28. The van der Waals surface area contributed by atoms with Crippen molar-refractivity contribution < 1.29 is 28.7 Å². The van der Waals surface area contributed by atoms with Gasteiger partial charge in [-0.2, -0.15) is 4.98 Å². The molecule has 4 rings (SSSR count). The molecule has 39 heavy (non-hydrogen) atoms. The molecule has 1 saturated heterocycles. The zero-order chi connectivity index (χ0) is 27.8. The van der Waals surface area contributed by atoms with E-state index in [-0.39, 0.29) is 56.9 Å². The monoisotopic (exact) mass is 538 g/mol. The number of ether oxygens (including phenoxy) is 2. The summed E-state index contributed by atoms with van der Waals surface area (Å²) in [4.78, 5) is 62.4. The van der Waals surface area contributed by atoms with E-state index in [9.17, 15) is 19.2 Å². The number of carbonyl (C=O) groups excluding carboxylic acids is 4. The van der Waals surface area contributed by atoms with Crippen LogP contribution in [0.4, 0.5) is 4.79 Å². The molecule has 2 heterocycles. The van der Waals surface area contributed by atoms with Crippen LogP contribution in [0, 0.1) is 0 Å². The average molecular weight is 539 g/mol. The maximum absolute atomic E-state index is 13.4. The van der Waals surface area contributed by atoms with Gasteiger partial charge in [0.2, 0.25) is 17.7 Å². The molecule has 1 atom stereocenters. The predicted octanol–water partition coefficient (Wildman–Crippen LogP) is 1.74. The Morgan fingerprint density at radius 3 is 2.33 bits per heavy atom. The van der Waals surface area contributed by atoms with Crippen molar-refractivity contribution in [3.8, 4) is 17.3 Å². The van der Waals surface area contributed by atoms with Crippen LogP contribution in [0.2, 0.25) is 0 Å². The van der Waals surface area contributed by atoms with Crippen molar-refractivity contribution in [2.24, 2.45) is 5.73 Å². The molecular formula is C27H34N6O6. The molecule has 2 aromatic rings. The van der Waals surface area contributed by atoms with Crippen molar-refractivity contribution in [1.82, 2.24) is 25.1 Å². The van der Waals surface area contributed by atoms with Crippen LogP contribution in [0.3, 0.4) is 0 Å². The lowest BCUT2D eigenvalue weighted by atomic mass is 10.1. The molecule has 2 aliphatic rings. The van der Waals surface area contributed by atoms with Crippen LogP contribution in [-0.4, -0.2) is 88.5 Å². The Kier molecular flexibility index (Phi) is 9.29. The van der Waals surface area contributed by atoms with Crippen molar-refractivity contribution >= 4 is 23.8 Å². The minimum Gasteiger partial charge on any atom is -0.474 e. The van der Waals surface area contributed by atoms with E-state index >= 15 is 0 Å². The first-order valence-electron chi connectivity index (χ1n) is 13.2. The SMILES string of the molecule is CCOC(=O)N1CCN(C(=O)C(CC(N)=O)NC(=O)c2cc(OC3CCCC3)nc(-c3ccccc3)n2)CC1. The third-order valence-corrected chi connectivity index (χ3v) is 6.68. The van der Waals surface area contributed by atoms with Gasteiger partial charge in [0.25, 0.3) is 5.91 Å². The normalized spacial score (nSPS) is 16.4. The summed E-state index contributed by atoms with van der Waals surface area (Å²) in [7, 11) is 0. The van der Waals surface area contributed by atoms with E-state index in [2.05, 4.69) is 15.3 Å². The highest BCUT2D eigenvalue weighted by Crippen LogP contribution is 2.25. The first-order valence-corrected chi connectivity index (χ1v) is 13.2. The number of rotatable bonds is 9. The van der Waals surface area contributed by atoms with Gasteiger partial charge in [0, 0.05) is 37.8 Å². The molecule has 1 unspecified atom stereocenters. The van der Waals surface area contributed by atoms with E-state index in [4.69, 9.17) is 15.2 Å². The number of nitrogens with one attached hydrogen (secondary N) is 1. The summed E-state index contributed by atoms with van der Waals surface area (Å²) in [6.45, 7) is 2.99. The Hall–Kier alpha value is -4.22. The third kappa shape index (κ3) is 7.43. The number of nitrogens with zero attached hydrogens (tertiary/aromatic N) is 4. The number of aromatic nitrogens is 2. The van der Waals surface area contributed by atoms with Crippen molar-refractivity contribution in [2.45, 2.75) is 51.2 Å². The summed E-state index contributed by atoms with van der Waals surface area (Å²) >= 11 is 0. The maximum atomic E-state index is 13.4. The highest BCUT2D eigenvalue weighted by molar-refractivity contribution is 5.98. The molecule has 0 radical (unpaired) electrons. The molecule has 0 spiro atoms. The number of nitrogens with two attached hydrogens (primary N) is 1. The van der Waals surface area contributed by atoms with Gasteiger partial charge in [0.05, 0.1) is 13.0 Å². The van der Waals surface area contributed by atoms with Crippen molar-refractivity contribution in [1.29, 1.82) is 0 Å². The van der Waals surface area contributed by atoms with Gasteiger partial charge < -0.3 is 30.3 Å². The summed E-state index contributed by atoms with van der Waals surface area (Å²) in [6, 6.07) is 9.45. The van der Waals surface area contributed by atoms with E-state index in [0.717, 1.165) is 25.7 Å².